The summed E-state index contributed by atoms with van der Waals surface area (Å²) < 4.78 is 5.94. The van der Waals surface area contributed by atoms with Gasteiger partial charge in [-0.2, -0.15) is 0 Å². The Kier molecular flexibility index (Phi) is 3.95. The van der Waals surface area contributed by atoms with E-state index in [9.17, 15) is 4.79 Å². The number of ketones is 1. The molecular weight excluding hydrogens is 286 g/mol. The molecule has 0 saturated heterocycles. The van der Waals surface area contributed by atoms with Crippen molar-refractivity contribution in [2.45, 2.75) is 33.6 Å². The molecule has 0 aliphatic heterocycles. The number of fused-ring (bicyclic) bond motifs is 3. The first kappa shape index (κ1) is 15.3. The Morgan fingerprint density at radius 3 is 2.61 bits per heavy atom. The van der Waals surface area contributed by atoms with Crippen LogP contribution >= 0.6 is 0 Å². The number of aromatic nitrogens is 1. The van der Waals surface area contributed by atoms with Crippen LogP contribution in [0.1, 0.15) is 30.9 Å². The maximum atomic E-state index is 11.1. The number of Topliss-reactive ketones (excluding diaryl/α,β-unsaturated/α-hetero) is 1. The average molecular weight is 307 g/mol. The fourth-order valence-electron chi connectivity index (χ4n) is 2.85. The number of benzene rings is 2. The van der Waals surface area contributed by atoms with Gasteiger partial charge in [0, 0.05) is 34.6 Å². The quantitative estimate of drug-likeness (QED) is 0.658. The zero-order valence-electron chi connectivity index (χ0n) is 13.8. The van der Waals surface area contributed by atoms with Gasteiger partial charge in [-0.3, -0.25) is 0 Å². The summed E-state index contributed by atoms with van der Waals surface area (Å²) in [5.74, 6) is 1.59. The molecule has 1 heterocycles. The van der Waals surface area contributed by atoms with Gasteiger partial charge in [-0.1, -0.05) is 24.8 Å². The average Bonchev–Trinajstić information content (AvgIpc) is 2.89. The summed E-state index contributed by atoms with van der Waals surface area (Å²) in [6.45, 7) is 9.67. The molecule has 0 bridgehead atoms. The minimum atomic E-state index is 0.148. The van der Waals surface area contributed by atoms with E-state index in [1.165, 1.54) is 10.9 Å². The number of ether oxygens (including phenoxy) is 1. The molecule has 3 aromatic rings. The summed E-state index contributed by atoms with van der Waals surface area (Å²) in [6, 6.07) is 10.3. The molecule has 118 valence electrons. The van der Waals surface area contributed by atoms with Crippen molar-refractivity contribution in [2.24, 2.45) is 0 Å². The van der Waals surface area contributed by atoms with Crippen molar-refractivity contribution < 1.29 is 9.53 Å². The summed E-state index contributed by atoms with van der Waals surface area (Å²) in [5, 5.41) is 2.34. The zero-order chi connectivity index (χ0) is 16.6. The van der Waals surface area contributed by atoms with E-state index in [1.807, 2.05) is 19.1 Å². The largest absolute Gasteiger partial charge is 0.462 e. The van der Waals surface area contributed by atoms with Gasteiger partial charge in [0.2, 0.25) is 0 Å². The van der Waals surface area contributed by atoms with Crippen molar-refractivity contribution in [3.05, 3.63) is 53.8 Å². The second-order valence-corrected chi connectivity index (χ2v) is 6.06. The maximum absolute atomic E-state index is 11.1. The molecule has 0 fully saturated rings. The first-order valence-corrected chi connectivity index (χ1v) is 7.83. The van der Waals surface area contributed by atoms with Crippen molar-refractivity contribution in [2.75, 3.05) is 0 Å². The van der Waals surface area contributed by atoms with Crippen LogP contribution in [0.4, 0.5) is 0 Å². The highest BCUT2D eigenvalue weighted by Gasteiger charge is 2.13. The predicted molar refractivity (Wildman–Crippen MR) is 95.0 cm³/mol. The van der Waals surface area contributed by atoms with Crippen molar-refractivity contribution >= 4 is 27.6 Å². The van der Waals surface area contributed by atoms with E-state index in [-0.39, 0.29) is 5.78 Å². The summed E-state index contributed by atoms with van der Waals surface area (Å²) in [4.78, 5) is 14.6. The van der Waals surface area contributed by atoms with Crippen molar-refractivity contribution in [3.63, 3.8) is 0 Å². The second kappa shape index (κ2) is 5.92. The second-order valence-electron chi connectivity index (χ2n) is 6.06. The molecule has 0 aliphatic carbocycles. The third-order valence-electron chi connectivity index (χ3n) is 4.34. The Morgan fingerprint density at radius 1 is 1.13 bits per heavy atom. The summed E-state index contributed by atoms with van der Waals surface area (Å²) in [5.41, 5.74) is 4.53. The first-order valence-electron chi connectivity index (χ1n) is 7.83. The number of aryl methyl sites for hydroxylation is 1. The van der Waals surface area contributed by atoms with Gasteiger partial charge >= 0.3 is 0 Å². The maximum Gasteiger partial charge on any atom is 0.130 e. The van der Waals surface area contributed by atoms with E-state index >= 15 is 0 Å². The van der Waals surface area contributed by atoms with Gasteiger partial charge in [-0.25, -0.2) is 0 Å². The Hall–Kier alpha value is -2.55. The SMILES string of the molecule is C=C(CCC(C)=O)Oc1cc2c([nH]c3ccccc32)c(C)c1C. The van der Waals surface area contributed by atoms with Gasteiger partial charge in [0.25, 0.3) is 0 Å². The van der Waals surface area contributed by atoms with Crippen LogP contribution in [0.2, 0.25) is 0 Å². The zero-order valence-corrected chi connectivity index (χ0v) is 13.8. The molecule has 0 aliphatic rings. The predicted octanol–water partition coefficient (Wildman–Crippen LogP) is 5.20. The molecule has 1 N–H and O–H groups in total. The summed E-state index contributed by atoms with van der Waals surface area (Å²) >= 11 is 0. The monoisotopic (exact) mass is 307 g/mol. The molecule has 3 rings (SSSR count). The van der Waals surface area contributed by atoms with Crippen LogP contribution in [0.25, 0.3) is 21.8 Å². The molecule has 0 atom stereocenters. The lowest BCUT2D eigenvalue weighted by atomic mass is 10.0. The van der Waals surface area contributed by atoms with E-state index in [1.54, 1.807) is 6.92 Å². The van der Waals surface area contributed by atoms with E-state index < -0.39 is 0 Å². The third kappa shape index (κ3) is 2.87. The molecule has 23 heavy (non-hydrogen) atoms. The van der Waals surface area contributed by atoms with Crippen molar-refractivity contribution in [3.8, 4) is 5.75 Å². The van der Waals surface area contributed by atoms with Crippen LogP contribution in [-0.2, 0) is 4.79 Å². The van der Waals surface area contributed by atoms with Crippen LogP contribution in [-0.4, -0.2) is 10.8 Å². The topological polar surface area (TPSA) is 42.1 Å². The summed E-state index contributed by atoms with van der Waals surface area (Å²) in [7, 11) is 0. The van der Waals surface area contributed by atoms with E-state index in [0.717, 1.165) is 27.7 Å². The lowest BCUT2D eigenvalue weighted by Crippen LogP contribution is -2.00. The van der Waals surface area contributed by atoms with Gasteiger partial charge in [0.1, 0.15) is 11.5 Å². The molecule has 0 amide bonds. The first-order chi connectivity index (χ1) is 11.0. The fourth-order valence-corrected chi connectivity index (χ4v) is 2.85. The molecule has 0 spiro atoms. The van der Waals surface area contributed by atoms with E-state index in [2.05, 4.69) is 36.7 Å². The Labute approximate surface area is 136 Å². The number of hydrogen-bond acceptors (Lipinski definition) is 2. The smallest absolute Gasteiger partial charge is 0.130 e. The van der Waals surface area contributed by atoms with Gasteiger partial charge in [0.15, 0.2) is 0 Å². The Bertz CT molecular complexity index is 918. The van der Waals surface area contributed by atoms with Crippen LogP contribution in [0.3, 0.4) is 0 Å². The number of carbonyl (C=O) groups excluding carboxylic acids is 1. The Morgan fingerprint density at radius 2 is 1.87 bits per heavy atom. The number of hydrogen-bond donors (Lipinski definition) is 1. The van der Waals surface area contributed by atoms with Crippen molar-refractivity contribution in [1.82, 2.24) is 4.98 Å². The van der Waals surface area contributed by atoms with E-state index in [4.69, 9.17) is 4.74 Å². The number of H-pyrrole nitrogens is 1. The van der Waals surface area contributed by atoms with Gasteiger partial charge < -0.3 is 14.5 Å². The molecule has 3 heteroatoms. The number of nitrogens with one attached hydrogen (secondary N) is 1. The molecule has 0 radical (unpaired) electrons. The Balaban J connectivity index is 2.03. The minimum absolute atomic E-state index is 0.148. The van der Waals surface area contributed by atoms with Crippen molar-refractivity contribution in [1.29, 1.82) is 0 Å². The van der Waals surface area contributed by atoms with Gasteiger partial charge in [-0.05, 0) is 44.0 Å². The minimum Gasteiger partial charge on any atom is -0.462 e. The molecular formula is C20H21NO2. The number of allylic oxidation sites excluding steroid dienone is 1. The van der Waals surface area contributed by atoms with Crippen LogP contribution < -0.4 is 4.74 Å². The fraction of sp³-hybridized carbons (Fsp3) is 0.250. The number of aromatic amines is 1. The van der Waals surface area contributed by atoms with Gasteiger partial charge in [-0.15, -0.1) is 0 Å². The standard InChI is InChI=1S/C20H21NO2/c1-12(22)9-10-13(2)23-19-11-17-16-7-5-6-8-18(16)21-20(17)15(4)14(19)3/h5-8,11,21H,2,9-10H2,1,3-4H3. The highest BCUT2D eigenvalue weighted by molar-refractivity contribution is 6.09. The molecule has 3 nitrogen and oxygen atoms in total. The van der Waals surface area contributed by atoms with Gasteiger partial charge in [0.05, 0.1) is 5.76 Å². The lowest BCUT2D eigenvalue weighted by Gasteiger charge is -2.13. The lowest BCUT2D eigenvalue weighted by molar-refractivity contribution is -0.117. The highest BCUT2D eigenvalue weighted by atomic mass is 16.5. The molecule has 0 unspecified atom stereocenters. The van der Waals surface area contributed by atoms with Crippen LogP contribution in [0, 0.1) is 13.8 Å². The number of carbonyl (C=O) groups is 1. The number of para-hydroxylation sites is 1. The highest BCUT2D eigenvalue weighted by Crippen LogP contribution is 2.35. The third-order valence-corrected chi connectivity index (χ3v) is 4.34. The van der Waals surface area contributed by atoms with E-state index in [0.29, 0.717) is 18.6 Å². The molecule has 0 saturated carbocycles. The number of rotatable bonds is 5. The molecule has 1 aromatic heterocycles. The molecule has 2 aromatic carbocycles. The van der Waals surface area contributed by atoms with Crippen LogP contribution in [0.5, 0.6) is 5.75 Å². The normalized spacial score (nSPS) is 11.1. The summed E-state index contributed by atoms with van der Waals surface area (Å²) in [6.07, 6.45) is 1.02. The van der Waals surface area contributed by atoms with Crippen LogP contribution in [0.15, 0.2) is 42.7 Å².